The van der Waals surface area contributed by atoms with Gasteiger partial charge in [-0.3, -0.25) is 14.6 Å². The Hall–Kier alpha value is -2.37. The third-order valence-electron chi connectivity index (χ3n) is 2.29. The number of anilines is 1. The Labute approximate surface area is 105 Å². The molecule has 6 heteroatoms. The molecule has 1 rings (SSSR count). The molecule has 0 unspecified atom stereocenters. The molecule has 1 heterocycles. The summed E-state index contributed by atoms with van der Waals surface area (Å²) in [6, 6.07) is 2.95. The van der Waals surface area contributed by atoms with E-state index in [-0.39, 0.29) is 17.0 Å². The summed E-state index contributed by atoms with van der Waals surface area (Å²) in [7, 11) is 1.55. The Bertz CT molecular complexity index is 543. The average molecular weight is 248 g/mol. The molecule has 0 aliphatic carbocycles. The van der Waals surface area contributed by atoms with Crippen molar-refractivity contribution in [3.63, 3.8) is 0 Å². The van der Waals surface area contributed by atoms with Gasteiger partial charge in [0, 0.05) is 38.3 Å². The number of rotatable bonds is 4. The standard InChI is InChI=1S/C12H16N4O2/c1-3-16-8-10(4-5-11(16)17)15-12(18)9(6-13)7-14-2/h4-8H,3,13H2,1-2H3,(H,15,18)/b9-6+,14-7?. The fourth-order valence-electron chi connectivity index (χ4n) is 1.37. The highest BCUT2D eigenvalue weighted by Gasteiger charge is 2.07. The van der Waals surface area contributed by atoms with E-state index in [4.69, 9.17) is 5.73 Å². The van der Waals surface area contributed by atoms with Crippen molar-refractivity contribution in [2.24, 2.45) is 10.7 Å². The number of hydrogen-bond acceptors (Lipinski definition) is 4. The summed E-state index contributed by atoms with van der Waals surface area (Å²) in [6.07, 6.45) is 4.13. The van der Waals surface area contributed by atoms with E-state index in [2.05, 4.69) is 10.3 Å². The van der Waals surface area contributed by atoms with Crippen molar-refractivity contribution in [3.8, 4) is 0 Å². The zero-order valence-electron chi connectivity index (χ0n) is 10.4. The van der Waals surface area contributed by atoms with Crippen molar-refractivity contribution in [1.82, 2.24) is 4.57 Å². The van der Waals surface area contributed by atoms with Gasteiger partial charge in [0.1, 0.15) is 0 Å². The van der Waals surface area contributed by atoms with E-state index in [0.29, 0.717) is 12.2 Å². The molecular weight excluding hydrogens is 232 g/mol. The van der Waals surface area contributed by atoms with Crippen LogP contribution in [-0.2, 0) is 11.3 Å². The van der Waals surface area contributed by atoms with E-state index in [9.17, 15) is 9.59 Å². The molecule has 0 saturated heterocycles. The highest BCUT2D eigenvalue weighted by atomic mass is 16.1. The van der Waals surface area contributed by atoms with Crippen LogP contribution in [0.1, 0.15) is 6.92 Å². The molecule has 0 radical (unpaired) electrons. The normalized spacial score (nSPS) is 11.8. The Morgan fingerprint density at radius 2 is 2.28 bits per heavy atom. The maximum atomic E-state index is 11.8. The maximum absolute atomic E-state index is 11.8. The van der Waals surface area contributed by atoms with Gasteiger partial charge in [-0.25, -0.2) is 0 Å². The maximum Gasteiger partial charge on any atom is 0.258 e. The zero-order chi connectivity index (χ0) is 13.5. The third-order valence-corrected chi connectivity index (χ3v) is 2.29. The van der Waals surface area contributed by atoms with Crippen LogP contribution >= 0.6 is 0 Å². The lowest BCUT2D eigenvalue weighted by Crippen LogP contribution is -2.21. The molecule has 0 atom stereocenters. The van der Waals surface area contributed by atoms with E-state index >= 15 is 0 Å². The molecule has 96 valence electrons. The van der Waals surface area contributed by atoms with Crippen LogP contribution in [0.15, 0.2) is 39.9 Å². The van der Waals surface area contributed by atoms with E-state index in [1.807, 2.05) is 6.92 Å². The monoisotopic (exact) mass is 248 g/mol. The molecule has 0 fully saturated rings. The van der Waals surface area contributed by atoms with Gasteiger partial charge >= 0.3 is 0 Å². The Kier molecular flexibility index (Phi) is 4.86. The first-order valence-corrected chi connectivity index (χ1v) is 5.48. The smallest absolute Gasteiger partial charge is 0.258 e. The summed E-state index contributed by atoms with van der Waals surface area (Å²) in [6.45, 7) is 2.39. The van der Waals surface area contributed by atoms with Gasteiger partial charge in [0.05, 0.1) is 11.3 Å². The number of carbonyl (C=O) groups is 1. The van der Waals surface area contributed by atoms with Crippen molar-refractivity contribution in [2.45, 2.75) is 13.5 Å². The number of amides is 1. The second-order valence-corrected chi connectivity index (χ2v) is 3.51. The lowest BCUT2D eigenvalue weighted by Gasteiger charge is -2.07. The molecule has 0 saturated carbocycles. The highest BCUT2D eigenvalue weighted by Crippen LogP contribution is 2.05. The molecular formula is C12H16N4O2. The predicted octanol–water partition coefficient (Wildman–Crippen LogP) is 0.350. The second kappa shape index (κ2) is 6.39. The number of nitrogens with zero attached hydrogens (tertiary/aromatic N) is 2. The summed E-state index contributed by atoms with van der Waals surface area (Å²) in [4.78, 5) is 26.9. The molecule has 0 bridgehead atoms. The first-order valence-electron chi connectivity index (χ1n) is 5.48. The van der Waals surface area contributed by atoms with Crippen molar-refractivity contribution >= 4 is 17.8 Å². The average Bonchev–Trinajstić information content (AvgIpc) is 2.38. The molecule has 0 aromatic carbocycles. The Morgan fingerprint density at radius 1 is 1.56 bits per heavy atom. The summed E-state index contributed by atoms with van der Waals surface area (Å²) in [5.41, 5.74) is 6.00. The number of aromatic nitrogens is 1. The van der Waals surface area contributed by atoms with Crippen LogP contribution in [0.2, 0.25) is 0 Å². The minimum Gasteiger partial charge on any atom is -0.404 e. The molecule has 18 heavy (non-hydrogen) atoms. The zero-order valence-corrected chi connectivity index (χ0v) is 10.4. The summed E-state index contributed by atoms with van der Waals surface area (Å²) < 4.78 is 1.50. The molecule has 3 N–H and O–H groups in total. The number of aryl methyl sites for hydroxylation is 1. The van der Waals surface area contributed by atoms with Crippen LogP contribution in [0.25, 0.3) is 0 Å². The van der Waals surface area contributed by atoms with Crippen molar-refractivity contribution in [3.05, 3.63) is 40.5 Å². The summed E-state index contributed by atoms with van der Waals surface area (Å²) in [5, 5.41) is 2.64. The van der Waals surface area contributed by atoms with Gasteiger partial charge in [-0.2, -0.15) is 0 Å². The fraction of sp³-hybridized carbons (Fsp3) is 0.250. The van der Waals surface area contributed by atoms with Gasteiger partial charge in [-0.15, -0.1) is 0 Å². The van der Waals surface area contributed by atoms with Crippen molar-refractivity contribution in [2.75, 3.05) is 12.4 Å². The second-order valence-electron chi connectivity index (χ2n) is 3.51. The minimum atomic E-state index is -0.371. The van der Waals surface area contributed by atoms with Gasteiger partial charge in [0.2, 0.25) is 0 Å². The molecule has 1 aromatic heterocycles. The number of carbonyl (C=O) groups excluding carboxylic acids is 1. The first-order chi connectivity index (χ1) is 8.62. The quantitative estimate of drug-likeness (QED) is 0.595. The largest absolute Gasteiger partial charge is 0.404 e. The third kappa shape index (κ3) is 3.31. The lowest BCUT2D eigenvalue weighted by molar-refractivity contribution is -0.112. The molecule has 0 spiro atoms. The molecule has 0 aliphatic heterocycles. The van der Waals surface area contributed by atoms with Gasteiger partial charge in [-0.1, -0.05) is 0 Å². The van der Waals surface area contributed by atoms with Gasteiger partial charge in [0.25, 0.3) is 11.5 Å². The van der Waals surface area contributed by atoms with E-state index in [0.717, 1.165) is 0 Å². The van der Waals surface area contributed by atoms with Gasteiger partial charge < -0.3 is 15.6 Å². The van der Waals surface area contributed by atoms with Crippen LogP contribution < -0.4 is 16.6 Å². The minimum absolute atomic E-state index is 0.111. The van der Waals surface area contributed by atoms with Crippen LogP contribution in [0, 0.1) is 0 Å². The number of pyridine rings is 1. The lowest BCUT2D eigenvalue weighted by atomic mass is 10.3. The summed E-state index contributed by atoms with van der Waals surface area (Å²) >= 11 is 0. The summed E-state index contributed by atoms with van der Waals surface area (Å²) in [5.74, 6) is -0.371. The van der Waals surface area contributed by atoms with Crippen molar-refractivity contribution in [1.29, 1.82) is 0 Å². The van der Waals surface area contributed by atoms with Crippen LogP contribution in [0.4, 0.5) is 5.69 Å². The SMILES string of the molecule is CCn1cc(NC(=O)/C(C=NC)=C/N)ccc1=O. The van der Waals surface area contributed by atoms with Crippen LogP contribution in [0.5, 0.6) is 0 Å². The first kappa shape index (κ1) is 13.7. The topological polar surface area (TPSA) is 89.5 Å². The van der Waals surface area contributed by atoms with E-state index < -0.39 is 0 Å². The highest BCUT2D eigenvalue weighted by molar-refractivity contribution is 6.17. The van der Waals surface area contributed by atoms with Gasteiger partial charge in [0.15, 0.2) is 0 Å². The van der Waals surface area contributed by atoms with Crippen LogP contribution in [-0.4, -0.2) is 23.7 Å². The number of nitrogens with one attached hydrogen (secondary N) is 1. The molecule has 0 aliphatic rings. The van der Waals surface area contributed by atoms with Crippen molar-refractivity contribution < 1.29 is 4.79 Å². The predicted molar refractivity (Wildman–Crippen MR) is 71.7 cm³/mol. The molecule has 1 aromatic rings. The number of nitrogens with two attached hydrogens (primary N) is 1. The number of hydrogen-bond donors (Lipinski definition) is 2. The Morgan fingerprint density at radius 3 is 2.83 bits per heavy atom. The number of aliphatic imine (C=N–C) groups is 1. The van der Waals surface area contributed by atoms with E-state index in [1.54, 1.807) is 19.3 Å². The molecule has 1 amide bonds. The molecule has 6 nitrogen and oxygen atoms in total. The van der Waals surface area contributed by atoms with E-state index in [1.165, 1.54) is 23.0 Å². The fourth-order valence-corrected chi connectivity index (χ4v) is 1.37. The Balaban J connectivity index is 2.91. The van der Waals surface area contributed by atoms with Crippen LogP contribution in [0.3, 0.4) is 0 Å². The van der Waals surface area contributed by atoms with Gasteiger partial charge in [-0.05, 0) is 13.0 Å².